The average molecular weight is 432 g/mol. The fourth-order valence-electron chi connectivity index (χ4n) is 2.39. The predicted octanol–water partition coefficient (Wildman–Crippen LogP) is 2.69. The highest BCUT2D eigenvalue weighted by Gasteiger charge is 2.23. The molecule has 0 bridgehead atoms. The van der Waals surface area contributed by atoms with Gasteiger partial charge in [0.05, 0.1) is 18.4 Å². The number of hydrogen-bond donors (Lipinski definition) is 2. The molecular formula is C18H16N4O5S2. The molecule has 2 N–H and O–H groups in total. The summed E-state index contributed by atoms with van der Waals surface area (Å²) in [7, 11) is -2.83. The lowest BCUT2D eigenvalue weighted by molar-refractivity contribution is 0.0600. The molecule has 0 aliphatic carbocycles. The third-order valence-corrected chi connectivity index (χ3v) is 6.45. The van der Waals surface area contributed by atoms with Gasteiger partial charge in [0.25, 0.3) is 20.3 Å². The molecule has 1 heterocycles. The molecule has 9 nitrogen and oxygen atoms in total. The van der Waals surface area contributed by atoms with E-state index in [2.05, 4.69) is 25.0 Å². The van der Waals surface area contributed by atoms with Gasteiger partial charge in [0.1, 0.15) is 0 Å². The minimum Gasteiger partial charge on any atom is -0.465 e. The number of carbonyl (C=O) groups excluding carboxylic acids is 2. The zero-order valence-corrected chi connectivity index (χ0v) is 17.0. The van der Waals surface area contributed by atoms with Gasteiger partial charge in [0.2, 0.25) is 5.13 Å². The summed E-state index contributed by atoms with van der Waals surface area (Å²) in [6.07, 6.45) is 0. The Morgan fingerprint density at radius 1 is 1.03 bits per heavy atom. The van der Waals surface area contributed by atoms with Gasteiger partial charge in [-0.3, -0.25) is 14.8 Å². The molecule has 0 aliphatic rings. The Balaban J connectivity index is 1.79. The number of benzene rings is 2. The Morgan fingerprint density at radius 2 is 1.76 bits per heavy atom. The second-order valence-corrected chi connectivity index (χ2v) is 8.60. The van der Waals surface area contributed by atoms with Gasteiger partial charge in [0.15, 0.2) is 0 Å². The first kappa shape index (κ1) is 20.4. The van der Waals surface area contributed by atoms with Crippen LogP contribution in [0.2, 0.25) is 0 Å². The Bertz CT molecular complexity index is 1160. The van der Waals surface area contributed by atoms with Crippen molar-refractivity contribution in [3.63, 3.8) is 0 Å². The summed E-state index contributed by atoms with van der Waals surface area (Å²) in [6, 6.07) is 13.0. The van der Waals surface area contributed by atoms with Crippen molar-refractivity contribution in [2.45, 2.75) is 11.3 Å². The fraction of sp³-hybridized carbons (Fsp3) is 0.111. The zero-order chi connectivity index (χ0) is 21.0. The Labute approximate surface area is 170 Å². The number of ether oxygens (including phenoxy) is 1. The highest BCUT2D eigenvalue weighted by atomic mass is 32.2. The van der Waals surface area contributed by atoms with Crippen molar-refractivity contribution in [1.82, 2.24) is 10.2 Å². The molecule has 3 aromatic rings. The summed E-state index contributed by atoms with van der Waals surface area (Å²) in [5.74, 6) is -1.01. The number of esters is 1. The van der Waals surface area contributed by atoms with Crippen LogP contribution in [0.25, 0.3) is 0 Å². The monoisotopic (exact) mass is 432 g/mol. The molecule has 2 aromatic carbocycles. The molecule has 1 aromatic heterocycles. The second-order valence-electron chi connectivity index (χ2n) is 5.77. The molecule has 29 heavy (non-hydrogen) atoms. The topological polar surface area (TPSA) is 127 Å². The van der Waals surface area contributed by atoms with Gasteiger partial charge in [-0.05, 0) is 36.8 Å². The first-order chi connectivity index (χ1) is 13.8. The van der Waals surface area contributed by atoms with Gasteiger partial charge in [-0.1, -0.05) is 35.6 Å². The molecule has 0 saturated heterocycles. The Morgan fingerprint density at radius 3 is 2.45 bits per heavy atom. The van der Waals surface area contributed by atoms with Crippen molar-refractivity contribution >= 4 is 44.1 Å². The van der Waals surface area contributed by atoms with Crippen LogP contribution in [-0.4, -0.2) is 37.6 Å². The smallest absolute Gasteiger partial charge is 0.338 e. The number of hydrogen-bond acceptors (Lipinski definition) is 8. The number of amides is 1. The summed E-state index contributed by atoms with van der Waals surface area (Å²) in [4.78, 5) is 23.9. The molecule has 0 spiro atoms. The summed E-state index contributed by atoms with van der Waals surface area (Å²) in [5.41, 5.74) is 1.25. The van der Waals surface area contributed by atoms with Crippen molar-refractivity contribution in [2.75, 3.05) is 17.1 Å². The number of sulfonamides is 1. The number of nitrogens with zero attached hydrogens (tertiary/aromatic N) is 2. The van der Waals surface area contributed by atoms with E-state index in [1.165, 1.54) is 25.3 Å². The van der Waals surface area contributed by atoms with Gasteiger partial charge < -0.3 is 4.74 Å². The molecule has 11 heteroatoms. The van der Waals surface area contributed by atoms with E-state index < -0.39 is 21.9 Å². The number of anilines is 2. The van der Waals surface area contributed by atoms with Crippen LogP contribution in [0.1, 0.15) is 26.3 Å². The number of aromatic nitrogens is 2. The van der Waals surface area contributed by atoms with Gasteiger partial charge in [-0.2, -0.15) is 8.42 Å². The molecule has 0 saturated carbocycles. The standard InChI is InChI=1S/C18H16N4O5S2/c1-11-13(16(24)27-2)9-6-10-14(11)22-29(25,26)18-21-20-17(28-18)19-15(23)12-7-4-3-5-8-12/h3-10,22H,1-2H3,(H,19,20,23). The van der Waals surface area contributed by atoms with E-state index in [-0.39, 0.29) is 20.7 Å². The number of rotatable bonds is 6. The van der Waals surface area contributed by atoms with Crippen LogP contribution in [0.15, 0.2) is 52.9 Å². The molecule has 0 unspecified atom stereocenters. The quantitative estimate of drug-likeness (QED) is 0.453. The maximum absolute atomic E-state index is 12.6. The average Bonchev–Trinajstić information content (AvgIpc) is 3.19. The summed E-state index contributed by atoms with van der Waals surface area (Å²) < 4.78 is 32.0. The maximum atomic E-state index is 12.6. The second kappa shape index (κ2) is 8.37. The van der Waals surface area contributed by atoms with Crippen LogP contribution >= 0.6 is 11.3 Å². The van der Waals surface area contributed by atoms with Crippen molar-refractivity contribution in [1.29, 1.82) is 0 Å². The van der Waals surface area contributed by atoms with Gasteiger partial charge in [-0.15, -0.1) is 10.2 Å². The molecule has 0 aliphatic heterocycles. The first-order valence-electron chi connectivity index (χ1n) is 8.22. The molecule has 0 fully saturated rings. The summed E-state index contributed by atoms with van der Waals surface area (Å²) in [6.45, 7) is 1.59. The van der Waals surface area contributed by atoms with E-state index in [4.69, 9.17) is 0 Å². The van der Waals surface area contributed by atoms with E-state index in [1.54, 1.807) is 37.3 Å². The Hall–Kier alpha value is -3.31. The highest BCUT2D eigenvalue weighted by Crippen LogP contribution is 2.26. The minimum atomic E-state index is -4.07. The highest BCUT2D eigenvalue weighted by molar-refractivity contribution is 7.94. The van der Waals surface area contributed by atoms with E-state index >= 15 is 0 Å². The lowest BCUT2D eigenvalue weighted by Crippen LogP contribution is -2.15. The van der Waals surface area contributed by atoms with E-state index in [9.17, 15) is 18.0 Å². The fourth-order valence-corrected chi connectivity index (χ4v) is 4.41. The largest absolute Gasteiger partial charge is 0.465 e. The molecule has 1 amide bonds. The summed E-state index contributed by atoms with van der Waals surface area (Å²) in [5, 5.41) is 9.91. The molecular weight excluding hydrogens is 416 g/mol. The van der Waals surface area contributed by atoms with Crippen LogP contribution in [0.3, 0.4) is 0 Å². The number of carbonyl (C=O) groups is 2. The molecule has 3 rings (SSSR count). The third-order valence-electron chi connectivity index (χ3n) is 3.88. The number of nitrogens with one attached hydrogen (secondary N) is 2. The van der Waals surface area contributed by atoms with Gasteiger partial charge >= 0.3 is 5.97 Å². The normalized spacial score (nSPS) is 11.0. The van der Waals surface area contributed by atoms with Crippen LogP contribution in [0.5, 0.6) is 0 Å². The Kier molecular flexibility index (Phi) is 5.89. The SMILES string of the molecule is COC(=O)c1cccc(NS(=O)(=O)c2nnc(NC(=O)c3ccccc3)s2)c1C. The first-order valence-corrected chi connectivity index (χ1v) is 10.5. The minimum absolute atomic E-state index is 0.0410. The summed E-state index contributed by atoms with van der Waals surface area (Å²) >= 11 is 0.707. The maximum Gasteiger partial charge on any atom is 0.338 e. The van der Waals surface area contributed by atoms with Crippen LogP contribution in [-0.2, 0) is 14.8 Å². The van der Waals surface area contributed by atoms with E-state index in [0.29, 0.717) is 22.5 Å². The predicted molar refractivity (Wildman–Crippen MR) is 108 cm³/mol. The number of methoxy groups -OCH3 is 1. The molecule has 150 valence electrons. The lowest BCUT2D eigenvalue weighted by atomic mass is 10.1. The lowest BCUT2D eigenvalue weighted by Gasteiger charge is -2.11. The van der Waals surface area contributed by atoms with Crippen LogP contribution in [0.4, 0.5) is 10.8 Å². The van der Waals surface area contributed by atoms with Crippen molar-refractivity contribution in [2.24, 2.45) is 0 Å². The molecule has 0 atom stereocenters. The van der Waals surface area contributed by atoms with Crippen LogP contribution in [0, 0.1) is 6.92 Å². The van der Waals surface area contributed by atoms with E-state index in [1.807, 2.05) is 0 Å². The van der Waals surface area contributed by atoms with Crippen molar-refractivity contribution in [3.05, 3.63) is 65.2 Å². The van der Waals surface area contributed by atoms with Crippen LogP contribution < -0.4 is 10.0 Å². The zero-order valence-electron chi connectivity index (χ0n) is 15.4. The van der Waals surface area contributed by atoms with Gasteiger partial charge in [-0.25, -0.2) is 4.79 Å². The van der Waals surface area contributed by atoms with E-state index in [0.717, 1.165) is 0 Å². The van der Waals surface area contributed by atoms with Gasteiger partial charge in [0, 0.05) is 5.56 Å². The van der Waals surface area contributed by atoms with Crippen molar-refractivity contribution in [3.8, 4) is 0 Å². The molecule has 0 radical (unpaired) electrons. The van der Waals surface area contributed by atoms with Crippen molar-refractivity contribution < 1.29 is 22.7 Å². The third kappa shape index (κ3) is 4.58.